The van der Waals surface area contributed by atoms with Gasteiger partial charge in [0.25, 0.3) is 0 Å². The van der Waals surface area contributed by atoms with E-state index in [0.29, 0.717) is 0 Å². The van der Waals surface area contributed by atoms with Crippen LogP contribution in [0.1, 0.15) is 120 Å². The Kier molecular flexibility index (Phi) is 52.0. The SMILES string of the molecule is CC.CC.CC.CCCCCCCCC(CC)CC. The van der Waals surface area contributed by atoms with Crippen LogP contribution in [0.2, 0.25) is 0 Å². The lowest BCUT2D eigenvalue weighted by molar-refractivity contribution is 0.427. The van der Waals surface area contributed by atoms with Crippen molar-refractivity contribution in [1.29, 1.82) is 0 Å². The van der Waals surface area contributed by atoms with Crippen molar-refractivity contribution in [3.63, 3.8) is 0 Å². The lowest BCUT2D eigenvalue weighted by atomic mass is 9.96. The van der Waals surface area contributed by atoms with Gasteiger partial charge in [-0.2, -0.15) is 0 Å². The van der Waals surface area contributed by atoms with Gasteiger partial charge in [-0.25, -0.2) is 0 Å². The van der Waals surface area contributed by atoms with E-state index < -0.39 is 0 Å². The summed E-state index contributed by atoms with van der Waals surface area (Å²) in [6, 6.07) is 0. The van der Waals surface area contributed by atoms with E-state index >= 15 is 0 Å². The molecule has 0 aliphatic heterocycles. The Morgan fingerprint density at radius 3 is 1.26 bits per heavy atom. The molecular weight excluding hydrogens is 228 g/mol. The van der Waals surface area contributed by atoms with Crippen LogP contribution >= 0.6 is 0 Å². The first-order valence-corrected chi connectivity index (χ1v) is 9.35. The summed E-state index contributed by atoms with van der Waals surface area (Å²) in [6.45, 7) is 18.9. The molecule has 0 unspecified atom stereocenters. The van der Waals surface area contributed by atoms with Gasteiger partial charge in [-0.3, -0.25) is 0 Å². The fourth-order valence-corrected chi connectivity index (χ4v) is 1.91. The zero-order chi connectivity index (χ0) is 15.9. The molecule has 0 radical (unpaired) electrons. The molecular formula is C19H46. The maximum absolute atomic E-state index is 2.32. The fraction of sp³-hybridized carbons (Fsp3) is 1.00. The number of hydrogen-bond donors (Lipinski definition) is 0. The molecule has 0 rings (SSSR count). The van der Waals surface area contributed by atoms with Gasteiger partial charge in [0.05, 0.1) is 0 Å². The summed E-state index contributed by atoms with van der Waals surface area (Å²) in [4.78, 5) is 0. The third-order valence-electron chi connectivity index (χ3n) is 3.12. The van der Waals surface area contributed by atoms with Gasteiger partial charge in [-0.15, -0.1) is 0 Å². The van der Waals surface area contributed by atoms with E-state index in [2.05, 4.69) is 20.8 Å². The molecule has 19 heavy (non-hydrogen) atoms. The molecule has 0 nitrogen and oxygen atoms in total. The molecule has 0 saturated carbocycles. The second-order valence-corrected chi connectivity index (χ2v) is 4.24. The molecule has 0 aromatic rings. The first kappa shape index (κ1) is 27.4. The molecule has 0 heteroatoms. The summed E-state index contributed by atoms with van der Waals surface area (Å²) >= 11 is 0. The summed E-state index contributed by atoms with van der Waals surface area (Å²) in [7, 11) is 0. The van der Waals surface area contributed by atoms with E-state index in [0.717, 1.165) is 5.92 Å². The lowest BCUT2D eigenvalue weighted by Crippen LogP contribution is -1.96. The Hall–Kier alpha value is 0. The van der Waals surface area contributed by atoms with Gasteiger partial charge < -0.3 is 0 Å². The third kappa shape index (κ3) is 32.0. The van der Waals surface area contributed by atoms with Crippen LogP contribution < -0.4 is 0 Å². The van der Waals surface area contributed by atoms with Crippen LogP contribution in [0, 0.1) is 5.92 Å². The molecule has 0 fully saturated rings. The predicted octanol–water partition coefficient (Wildman–Crippen LogP) is 8.25. The molecule has 122 valence electrons. The summed E-state index contributed by atoms with van der Waals surface area (Å²) in [6.07, 6.45) is 12.9. The highest BCUT2D eigenvalue weighted by Crippen LogP contribution is 2.17. The third-order valence-corrected chi connectivity index (χ3v) is 3.12. The van der Waals surface area contributed by atoms with E-state index in [1.807, 2.05) is 41.5 Å². The summed E-state index contributed by atoms with van der Waals surface area (Å²) in [5.41, 5.74) is 0. The number of rotatable bonds is 9. The van der Waals surface area contributed by atoms with Crippen molar-refractivity contribution in [2.75, 3.05) is 0 Å². The Morgan fingerprint density at radius 2 is 0.895 bits per heavy atom. The first-order valence-electron chi connectivity index (χ1n) is 9.35. The van der Waals surface area contributed by atoms with Crippen LogP contribution in [0.25, 0.3) is 0 Å². The van der Waals surface area contributed by atoms with Gasteiger partial charge in [0, 0.05) is 0 Å². The Labute approximate surface area is 126 Å². The zero-order valence-electron chi connectivity index (χ0n) is 15.9. The highest BCUT2D eigenvalue weighted by molar-refractivity contribution is 4.55. The monoisotopic (exact) mass is 274 g/mol. The van der Waals surface area contributed by atoms with Crippen LogP contribution in [0.4, 0.5) is 0 Å². The molecule has 0 N–H and O–H groups in total. The minimum atomic E-state index is 1.01. The van der Waals surface area contributed by atoms with E-state index in [-0.39, 0.29) is 0 Å². The van der Waals surface area contributed by atoms with Crippen molar-refractivity contribution < 1.29 is 0 Å². The van der Waals surface area contributed by atoms with Crippen LogP contribution in [0.3, 0.4) is 0 Å². The van der Waals surface area contributed by atoms with E-state index in [4.69, 9.17) is 0 Å². The van der Waals surface area contributed by atoms with Crippen molar-refractivity contribution in [3.05, 3.63) is 0 Å². The van der Waals surface area contributed by atoms with Crippen molar-refractivity contribution in [2.45, 2.75) is 120 Å². The predicted molar refractivity (Wildman–Crippen MR) is 96.1 cm³/mol. The largest absolute Gasteiger partial charge is 0.0683 e. The van der Waals surface area contributed by atoms with Gasteiger partial charge in [-0.05, 0) is 5.92 Å². The highest BCUT2D eigenvalue weighted by Gasteiger charge is 2.01. The average molecular weight is 275 g/mol. The van der Waals surface area contributed by atoms with Gasteiger partial charge in [-0.1, -0.05) is 120 Å². The van der Waals surface area contributed by atoms with Crippen LogP contribution in [0.5, 0.6) is 0 Å². The number of unbranched alkanes of at least 4 members (excludes halogenated alkanes) is 5. The van der Waals surface area contributed by atoms with Gasteiger partial charge >= 0.3 is 0 Å². The van der Waals surface area contributed by atoms with Crippen LogP contribution in [0.15, 0.2) is 0 Å². The van der Waals surface area contributed by atoms with Gasteiger partial charge in [0.15, 0.2) is 0 Å². The molecule has 0 aromatic heterocycles. The Bertz CT molecular complexity index is 82.0. The molecule has 0 saturated heterocycles. The van der Waals surface area contributed by atoms with Crippen molar-refractivity contribution in [1.82, 2.24) is 0 Å². The van der Waals surface area contributed by atoms with Crippen molar-refractivity contribution >= 4 is 0 Å². The van der Waals surface area contributed by atoms with E-state index in [9.17, 15) is 0 Å². The minimum Gasteiger partial charge on any atom is -0.0683 e. The lowest BCUT2D eigenvalue weighted by Gasteiger charge is -2.11. The second kappa shape index (κ2) is 36.1. The second-order valence-electron chi connectivity index (χ2n) is 4.24. The molecule has 0 aliphatic carbocycles. The van der Waals surface area contributed by atoms with Crippen molar-refractivity contribution in [2.24, 2.45) is 5.92 Å². The van der Waals surface area contributed by atoms with Gasteiger partial charge in [0.1, 0.15) is 0 Å². The molecule has 0 spiro atoms. The van der Waals surface area contributed by atoms with Crippen molar-refractivity contribution in [3.8, 4) is 0 Å². The van der Waals surface area contributed by atoms with Gasteiger partial charge in [0.2, 0.25) is 0 Å². The summed E-state index contributed by atoms with van der Waals surface area (Å²) in [5, 5.41) is 0. The maximum atomic E-state index is 2.32. The normalized spacial score (nSPS) is 8.53. The molecule has 0 aliphatic rings. The minimum absolute atomic E-state index is 1.01. The highest BCUT2D eigenvalue weighted by atomic mass is 14.1. The van der Waals surface area contributed by atoms with E-state index in [1.165, 1.54) is 57.8 Å². The fourth-order valence-electron chi connectivity index (χ4n) is 1.91. The average Bonchev–Trinajstić information content (AvgIpc) is 2.53. The zero-order valence-corrected chi connectivity index (χ0v) is 15.9. The Morgan fingerprint density at radius 1 is 0.526 bits per heavy atom. The molecule has 0 bridgehead atoms. The molecule has 0 heterocycles. The maximum Gasteiger partial charge on any atom is -0.0420 e. The smallest absolute Gasteiger partial charge is 0.0420 e. The molecule has 0 aromatic carbocycles. The standard InChI is InChI=1S/C13H28.3C2H6/c1-4-7-8-9-10-11-12-13(5-2)6-3;3*1-2/h13H,4-12H2,1-3H3;3*1-2H3. The quantitative estimate of drug-likeness (QED) is 0.371. The number of hydrogen-bond acceptors (Lipinski definition) is 0. The Balaban J connectivity index is -0.000000163. The topological polar surface area (TPSA) is 0 Å². The summed E-state index contributed by atoms with van der Waals surface area (Å²) in [5.74, 6) is 1.01. The molecule has 0 amide bonds. The van der Waals surface area contributed by atoms with Crippen LogP contribution in [-0.4, -0.2) is 0 Å². The first-order chi connectivity index (χ1) is 9.35. The molecule has 0 atom stereocenters. The van der Waals surface area contributed by atoms with E-state index in [1.54, 1.807) is 0 Å². The van der Waals surface area contributed by atoms with Crippen LogP contribution in [-0.2, 0) is 0 Å². The summed E-state index contributed by atoms with van der Waals surface area (Å²) < 4.78 is 0.